The molecule has 4 nitrogen and oxygen atoms in total. The molecule has 1 spiro atoms. The minimum Gasteiger partial charge on any atom is -0.487 e. The molecule has 0 aromatic heterocycles. The number of nitrogens with zero attached hydrogens (tertiary/aromatic N) is 1. The van der Waals surface area contributed by atoms with Gasteiger partial charge in [-0.2, -0.15) is 0 Å². The summed E-state index contributed by atoms with van der Waals surface area (Å²) in [5.41, 5.74) is 1.44. The molecule has 1 aromatic rings. The van der Waals surface area contributed by atoms with Crippen LogP contribution in [-0.4, -0.2) is 47.9 Å². The Morgan fingerprint density at radius 2 is 2.08 bits per heavy atom. The molecule has 2 aliphatic heterocycles. The van der Waals surface area contributed by atoms with E-state index in [-0.39, 0.29) is 5.60 Å². The molecular formula is C21H32N2O2. The Bertz CT molecular complexity index is 573. The highest BCUT2D eigenvalue weighted by molar-refractivity contribution is 5.39. The van der Waals surface area contributed by atoms with Crippen molar-refractivity contribution in [2.45, 2.75) is 69.1 Å². The molecule has 0 bridgehead atoms. The minimum absolute atomic E-state index is 0.107. The minimum atomic E-state index is 0.107. The van der Waals surface area contributed by atoms with Crippen LogP contribution in [0.2, 0.25) is 0 Å². The number of benzene rings is 1. The number of rotatable bonds is 7. The molecule has 2 atom stereocenters. The van der Waals surface area contributed by atoms with Gasteiger partial charge in [0.15, 0.2) is 0 Å². The molecule has 138 valence electrons. The first-order valence-corrected chi connectivity index (χ1v) is 10.2. The fourth-order valence-corrected chi connectivity index (χ4v) is 4.79. The second-order valence-electron chi connectivity index (χ2n) is 8.11. The van der Waals surface area contributed by atoms with Crippen molar-refractivity contribution >= 4 is 0 Å². The first kappa shape index (κ1) is 17.3. The summed E-state index contributed by atoms with van der Waals surface area (Å²) in [6, 6.07) is 9.40. The number of ether oxygens (including phenoxy) is 1. The SMILES string of the molecule is OC[C@@H]1CCCN1CCCCN[C@@H]1CC2(CCC2)Oc2ccccc21. The third-order valence-corrected chi connectivity index (χ3v) is 6.43. The van der Waals surface area contributed by atoms with E-state index in [0.717, 1.165) is 38.2 Å². The van der Waals surface area contributed by atoms with Crippen molar-refractivity contribution in [1.29, 1.82) is 0 Å². The van der Waals surface area contributed by atoms with Crippen molar-refractivity contribution in [2.24, 2.45) is 0 Å². The first-order valence-electron chi connectivity index (χ1n) is 10.2. The average Bonchev–Trinajstić information content (AvgIpc) is 3.07. The van der Waals surface area contributed by atoms with E-state index in [4.69, 9.17) is 4.74 Å². The van der Waals surface area contributed by atoms with E-state index < -0.39 is 0 Å². The lowest BCUT2D eigenvalue weighted by molar-refractivity contribution is -0.0368. The zero-order valence-corrected chi connectivity index (χ0v) is 15.3. The van der Waals surface area contributed by atoms with Gasteiger partial charge in [0.05, 0.1) is 6.61 Å². The Balaban J connectivity index is 1.26. The van der Waals surface area contributed by atoms with Crippen molar-refractivity contribution in [3.63, 3.8) is 0 Å². The van der Waals surface area contributed by atoms with Crippen LogP contribution < -0.4 is 10.1 Å². The lowest BCUT2D eigenvalue weighted by atomic mass is 9.73. The highest BCUT2D eigenvalue weighted by Crippen LogP contribution is 2.48. The topological polar surface area (TPSA) is 44.7 Å². The summed E-state index contributed by atoms with van der Waals surface area (Å²) in [5, 5.41) is 13.2. The number of para-hydroxylation sites is 1. The van der Waals surface area contributed by atoms with Crippen LogP contribution in [-0.2, 0) is 0 Å². The van der Waals surface area contributed by atoms with Gasteiger partial charge in [0.2, 0.25) is 0 Å². The van der Waals surface area contributed by atoms with Crippen molar-refractivity contribution in [1.82, 2.24) is 10.2 Å². The number of fused-ring (bicyclic) bond motifs is 1. The van der Waals surface area contributed by atoms with Gasteiger partial charge in [-0.05, 0) is 70.6 Å². The fourth-order valence-electron chi connectivity index (χ4n) is 4.79. The van der Waals surface area contributed by atoms with Crippen LogP contribution in [0.25, 0.3) is 0 Å². The summed E-state index contributed by atoms with van der Waals surface area (Å²) in [6.45, 7) is 3.67. The summed E-state index contributed by atoms with van der Waals surface area (Å²) >= 11 is 0. The lowest BCUT2D eigenvalue weighted by Crippen LogP contribution is -2.49. The van der Waals surface area contributed by atoms with E-state index >= 15 is 0 Å². The monoisotopic (exact) mass is 344 g/mol. The van der Waals surface area contributed by atoms with Gasteiger partial charge < -0.3 is 15.2 Å². The Morgan fingerprint density at radius 1 is 1.20 bits per heavy atom. The molecule has 0 unspecified atom stereocenters. The molecule has 4 rings (SSSR count). The van der Waals surface area contributed by atoms with Crippen LogP contribution in [0, 0.1) is 0 Å². The summed E-state index contributed by atoms with van der Waals surface area (Å²) in [4.78, 5) is 2.47. The van der Waals surface area contributed by atoms with Crippen molar-refractivity contribution in [3.8, 4) is 5.75 Å². The maximum absolute atomic E-state index is 9.41. The van der Waals surface area contributed by atoms with Crippen LogP contribution in [0.15, 0.2) is 24.3 Å². The zero-order valence-electron chi connectivity index (χ0n) is 15.3. The van der Waals surface area contributed by atoms with Gasteiger partial charge in [0.25, 0.3) is 0 Å². The third-order valence-electron chi connectivity index (χ3n) is 6.43. The second kappa shape index (κ2) is 7.65. The van der Waals surface area contributed by atoms with Gasteiger partial charge in [-0.25, -0.2) is 0 Å². The molecule has 1 aliphatic carbocycles. The van der Waals surface area contributed by atoms with E-state index in [1.807, 2.05) is 0 Å². The number of hydrogen-bond acceptors (Lipinski definition) is 4. The Morgan fingerprint density at radius 3 is 2.88 bits per heavy atom. The number of unbranched alkanes of at least 4 members (excludes halogenated alkanes) is 1. The molecule has 4 heteroatoms. The molecule has 2 N–H and O–H groups in total. The van der Waals surface area contributed by atoms with Crippen molar-refractivity contribution in [2.75, 3.05) is 26.2 Å². The van der Waals surface area contributed by atoms with Gasteiger partial charge >= 0.3 is 0 Å². The normalized spacial score (nSPS) is 27.7. The second-order valence-corrected chi connectivity index (χ2v) is 8.11. The predicted molar refractivity (Wildman–Crippen MR) is 99.9 cm³/mol. The number of likely N-dealkylation sites (tertiary alicyclic amines) is 1. The van der Waals surface area contributed by atoms with Crippen LogP contribution in [0.3, 0.4) is 0 Å². The number of aliphatic hydroxyl groups excluding tert-OH is 1. The van der Waals surface area contributed by atoms with Crippen LogP contribution >= 0.6 is 0 Å². The van der Waals surface area contributed by atoms with Crippen molar-refractivity contribution < 1.29 is 9.84 Å². The molecule has 1 saturated heterocycles. The van der Waals surface area contributed by atoms with E-state index in [9.17, 15) is 5.11 Å². The van der Waals surface area contributed by atoms with Gasteiger partial charge in [-0.3, -0.25) is 4.90 Å². The van der Waals surface area contributed by atoms with E-state index in [2.05, 4.69) is 34.5 Å². The molecule has 1 saturated carbocycles. The highest BCUT2D eigenvalue weighted by Gasteiger charge is 2.45. The predicted octanol–water partition coefficient (Wildman–Crippen LogP) is 3.26. The Hall–Kier alpha value is -1.10. The zero-order chi connectivity index (χ0) is 17.1. The van der Waals surface area contributed by atoms with Gasteiger partial charge in [-0.15, -0.1) is 0 Å². The van der Waals surface area contributed by atoms with Crippen LogP contribution in [0.4, 0.5) is 0 Å². The lowest BCUT2D eigenvalue weighted by Gasteiger charge is -2.48. The summed E-state index contributed by atoms with van der Waals surface area (Å²) in [5.74, 6) is 1.09. The molecular weight excluding hydrogens is 312 g/mol. The first-order chi connectivity index (χ1) is 12.3. The molecule has 1 aromatic carbocycles. The fraction of sp³-hybridized carbons (Fsp3) is 0.714. The number of nitrogens with one attached hydrogen (secondary N) is 1. The quantitative estimate of drug-likeness (QED) is 0.745. The third kappa shape index (κ3) is 3.71. The average molecular weight is 344 g/mol. The molecule has 0 amide bonds. The standard InChI is InChI=1S/C21H32N2O2/c24-16-17-7-5-14-23(17)13-4-3-12-22-19-15-21(10-6-11-21)25-20-9-2-1-8-18(19)20/h1-2,8-9,17,19,22,24H,3-7,10-16H2/t17-,19+/m0/s1. The molecule has 2 heterocycles. The number of hydrogen-bond donors (Lipinski definition) is 2. The van der Waals surface area contributed by atoms with Gasteiger partial charge in [0.1, 0.15) is 11.4 Å². The van der Waals surface area contributed by atoms with Gasteiger partial charge in [-0.1, -0.05) is 18.2 Å². The molecule has 0 radical (unpaired) electrons. The number of aliphatic hydroxyl groups is 1. The van der Waals surface area contributed by atoms with E-state index in [0.29, 0.717) is 18.7 Å². The summed E-state index contributed by atoms with van der Waals surface area (Å²) in [6.07, 6.45) is 9.63. The molecule has 3 aliphatic rings. The van der Waals surface area contributed by atoms with Crippen LogP contribution in [0.1, 0.15) is 63.0 Å². The molecule has 25 heavy (non-hydrogen) atoms. The maximum atomic E-state index is 9.41. The highest BCUT2D eigenvalue weighted by atomic mass is 16.5. The Labute approximate surface area is 151 Å². The summed E-state index contributed by atoms with van der Waals surface area (Å²) < 4.78 is 6.33. The Kier molecular flexibility index (Phi) is 5.30. The maximum Gasteiger partial charge on any atom is 0.124 e. The largest absolute Gasteiger partial charge is 0.487 e. The summed E-state index contributed by atoms with van der Waals surface area (Å²) in [7, 11) is 0. The molecule has 2 fully saturated rings. The smallest absolute Gasteiger partial charge is 0.124 e. The van der Waals surface area contributed by atoms with E-state index in [1.165, 1.54) is 44.1 Å². The van der Waals surface area contributed by atoms with Gasteiger partial charge in [0, 0.05) is 24.1 Å². The van der Waals surface area contributed by atoms with Crippen LogP contribution in [0.5, 0.6) is 5.75 Å². The van der Waals surface area contributed by atoms with Crippen molar-refractivity contribution in [3.05, 3.63) is 29.8 Å². The van der Waals surface area contributed by atoms with E-state index in [1.54, 1.807) is 0 Å².